The monoisotopic (exact) mass is 344 g/mol. The van der Waals surface area contributed by atoms with Crippen molar-refractivity contribution in [3.05, 3.63) is 48.3 Å². The third-order valence-electron chi connectivity index (χ3n) is 3.56. The van der Waals surface area contributed by atoms with Gasteiger partial charge in [0.25, 0.3) is 5.91 Å². The fraction of sp³-hybridized carbons (Fsp3) is 0.235. The summed E-state index contributed by atoms with van der Waals surface area (Å²) in [7, 11) is 0. The number of carbonyl (C=O) groups excluding carboxylic acids is 1. The average Bonchev–Trinajstić information content (AvgIpc) is 2.61. The van der Waals surface area contributed by atoms with Crippen LogP contribution in [0.2, 0.25) is 0 Å². The number of carboxylic acid groups (broad SMARTS) is 1. The molecule has 2 aromatic rings. The van der Waals surface area contributed by atoms with Gasteiger partial charge in [-0.15, -0.1) is 11.8 Å². The molecule has 0 bridgehead atoms. The van der Waals surface area contributed by atoms with Crippen LogP contribution in [0.1, 0.15) is 16.8 Å². The number of para-hydroxylation sites is 2. The van der Waals surface area contributed by atoms with Crippen LogP contribution in [0.3, 0.4) is 0 Å². The van der Waals surface area contributed by atoms with Crippen molar-refractivity contribution in [3.63, 3.8) is 0 Å². The molecule has 6 nitrogen and oxygen atoms in total. The van der Waals surface area contributed by atoms with Crippen molar-refractivity contribution in [2.24, 2.45) is 0 Å². The van der Waals surface area contributed by atoms with Gasteiger partial charge in [0.15, 0.2) is 0 Å². The van der Waals surface area contributed by atoms with Gasteiger partial charge in [-0.3, -0.25) is 14.6 Å². The van der Waals surface area contributed by atoms with E-state index in [1.54, 1.807) is 17.2 Å². The topological polar surface area (TPSA) is 79.7 Å². The van der Waals surface area contributed by atoms with Crippen LogP contribution in [0.4, 0.5) is 5.69 Å². The Morgan fingerprint density at radius 1 is 1.29 bits per heavy atom. The third kappa shape index (κ3) is 3.51. The molecule has 3 rings (SSSR count). The lowest BCUT2D eigenvalue weighted by atomic mass is 10.2. The first kappa shape index (κ1) is 16.3. The van der Waals surface area contributed by atoms with Crippen molar-refractivity contribution < 1.29 is 19.4 Å². The first-order valence-electron chi connectivity index (χ1n) is 7.49. The molecular weight excluding hydrogens is 328 g/mol. The molecule has 0 saturated carbocycles. The van der Waals surface area contributed by atoms with Crippen LogP contribution < -0.4 is 9.64 Å². The van der Waals surface area contributed by atoms with Crippen LogP contribution in [0.5, 0.6) is 5.75 Å². The summed E-state index contributed by atoms with van der Waals surface area (Å²) in [5.41, 5.74) is 1.21. The van der Waals surface area contributed by atoms with Crippen LogP contribution in [0.15, 0.2) is 47.6 Å². The number of aliphatic carboxylic acids is 1. The first-order valence-corrected chi connectivity index (χ1v) is 8.47. The van der Waals surface area contributed by atoms with E-state index in [9.17, 15) is 9.59 Å². The highest BCUT2D eigenvalue weighted by Gasteiger charge is 2.26. The summed E-state index contributed by atoms with van der Waals surface area (Å²) in [6, 6.07) is 9.15. The molecule has 0 radical (unpaired) electrons. The lowest BCUT2D eigenvalue weighted by Crippen LogP contribution is -2.38. The Labute approximate surface area is 143 Å². The number of thioether (sulfide) groups is 1. The fourth-order valence-corrected chi connectivity index (χ4v) is 3.39. The number of ether oxygens (including phenoxy) is 1. The van der Waals surface area contributed by atoms with Crippen molar-refractivity contribution in [2.45, 2.75) is 11.3 Å². The van der Waals surface area contributed by atoms with Gasteiger partial charge in [-0.2, -0.15) is 0 Å². The highest BCUT2D eigenvalue weighted by Crippen LogP contribution is 2.33. The molecule has 1 aliphatic heterocycles. The minimum atomic E-state index is -0.855. The second kappa shape index (κ2) is 7.35. The standard InChI is InChI=1S/C17H16N2O4S/c20-16(21)6-10-24-15-5-7-18-11-12(15)17(22)19-8-9-23-14-4-2-1-3-13(14)19/h1-5,7,11H,6,8-10H2,(H,20,21). The molecule has 1 aliphatic rings. The van der Waals surface area contributed by atoms with Crippen LogP contribution in [0.25, 0.3) is 0 Å². The van der Waals surface area contributed by atoms with Gasteiger partial charge in [0, 0.05) is 23.0 Å². The van der Waals surface area contributed by atoms with Gasteiger partial charge < -0.3 is 14.7 Å². The van der Waals surface area contributed by atoms with E-state index in [0.717, 1.165) is 10.6 Å². The Morgan fingerprint density at radius 2 is 2.12 bits per heavy atom. The number of hydrogen-bond donors (Lipinski definition) is 1. The van der Waals surface area contributed by atoms with Gasteiger partial charge in [0.2, 0.25) is 0 Å². The van der Waals surface area contributed by atoms with Gasteiger partial charge >= 0.3 is 5.97 Å². The Kier molecular flexibility index (Phi) is 5.00. The predicted molar refractivity (Wildman–Crippen MR) is 90.8 cm³/mol. The molecule has 0 fully saturated rings. The number of aromatic nitrogens is 1. The molecule has 0 unspecified atom stereocenters. The summed E-state index contributed by atoms with van der Waals surface area (Å²) >= 11 is 1.35. The van der Waals surface area contributed by atoms with Crippen LogP contribution in [-0.2, 0) is 4.79 Å². The Bertz CT molecular complexity index is 766. The maximum Gasteiger partial charge on any atom is 0.304 e. The van der Waals surface area contributed by atoms with E-state index < -0.39 is 5.97 Å². The maximum atomic E-state index is 13.0. The summed E-state index contributed by atoms with van der Waals surface area (Å²) < 4.78 is 5.58. The first-order chi connectivity index (χ1) is 11.7. The quantitative estimate of drug-likeness (QED) is 0.840. The van der Waals surface area contributed by atoms with E-state index in [1.807, 2.05) is 24.3 Å². The molecule has 124 valence electrons. The number of pyridine rings is 1. The summed E-state index contributed by atoms with van der Waals surface area (Å²) in [6.07, 6.45) is 3.18. The predicted octanol–water partition coefficient (Wildman–Crippen LogP) is 2.69. The Balaban J connectivity index is 1.85. The van der Waals surface area contributed by atoms with Crippen molar-refractivity contribution in [3.8, 4) is 5.75 Å². The maximum absolute atomic E-state index is 13.0. The number of nitrogens with zero attached hydrogens (tertiary/aromatic N) is 2. The van der Waals surface area contributed by atoms with E-state index in [-0.39, 0.29) is 12.3 Å². The number of rotatable bonds is 5. The van der Waals surface area contributed by atoms with Gasteiger partial charge in [-0.25, -0.2) is 0 Å². The molecule has 0 spiro atoms. The molecule has 1 aromatic carbocycles. The number of benzene rings is 1. The van der Waals surface area contributed by atoms with Crippen LogP contribution in [0, 0.1) is 0 Å². The van der Waals surface area contributed by atoms with Crippen molar-refractivity contribution in [1.29, 1.82) is 0 Å². The van der Waals surface area contributed by atoms with Crippen LogP contribution in [-0.4, -0.2) is 40.9 Å². The zero-order valence-electron chi connectivity index (χ0n) is 12.8. The molecule has 1 amide bonds. The van der Waals surface area contributed by atoms with E-state index in [0.29, 0.717) is 30.2 Å². The molecule has 24 heavy (non-hydrogen) atoms. The highest BCUT2D eigenvalue weighted by atomic mass is 32.2. The summed E-state index contributed by atoms with van der Waals surface area (Å²) in [6.45, 7) is 0.897. The van der Waals surface area contributed by atoms with Gasteiger partial charge in [-0.05, 0) is 18.2 Å². The minimum absolute atomic E-state index is 0.0427. The molecule has 7 heteroatoms. The second-order valence-corrected chi connectivity index (χ2v) is 6.27. The van der Waals surface area contributed by atoms with Crippen molar-refractivity contribution in [2.75, 3.05) is 23.8 Å². The lowest BCUT2D eigenvalue weighted by Gasteiger charge is -2.29. The number of fused-ring (bicyclic) bond motifs is 1. The number of carbonyl (C=O) groups is 2. The molecular formula is C17H16N2O4S. The SMILES string of the molecule is O=C(O)CCSc1ccncc1C(=O)N1CCOc2ccccc21. The van der Waals surface area contributed by atoms with Gasteiger partial charge in [-0.1, -0.05) is 12.1 Å². The second-order valence-electron chi connectivity index (χ2n) is 5.14. The normalized spacial score (nSPS) is 13.1. The van der Waals surface area contributed by atoms with Gasteiger partial charge in [0.1, 0.15) is 12.4 Å². The number of hydrogen-bond acceptors (Lipinski definition) is 5. The van der Waals surface area contributed by atoms with Gasteiger partial charge in [0.05, 0.1) is 24.2 Å². The number of amides is 1. The zero-order valence-corrected chi connectivity index (χ0v) is 13.7. The molecule has 0 saturated heterocycles. The van der Waals surface area contributed by atoms with E-state index in [2.05, 4.69) is 4.98 Å². The molecule has 0 aliphatic carbocycles. The van der Waals surface area contributed by atoms with E-state index in [4.69, 9.17) is 9.84 Å². The minimum Gasteiger partial charge on any atom is -0.490 e. The Hall–Kier alpha value is -2.54. The number of anilines is 1. The molecule has 1 N–H and O–H groups in total. The lowest BCUT2D eigenvalue weighted by molar-refractivity contribution is -0.136. The summed E-state index contributed by atoms with van der Waals surface area (Å²) in [5.74, 6) is 0.0727. The molecule has 0 atom stereocenters. The third-order valence-corrected chi connectivity index (χ3v) is 4.63. The average molecular weight is 344 g/mol. The van der Waals surface area contributed by atoms with E-state index >= 15 is 0 Å². The van der Waals surface area contributed by atoms with Crippen molar-refractivity contribution in [1.82, 2.24) is 4.98 Å². The fourth-order valence-electron chi connectivity index (χ4n) is 2.44. The largest absolute Gasteiger partial charge is 0.490 e. The van der Waals surface area contributed by atoms with Crippen molar-refractivity contribution >= 4 is 29.3 Å². The molecule has 2 heterocycles. The summed E-state index contributed by atoms with van der Waals surface area (Å²) in [4.78, 5) is 30.1. The summed E-state index contributed by atoms with van der Waals surface area (Å²) in [5, 5.41) is 8.77. The van der Waals surface area contributed by atoms with E-state index in [1.165, 1.54) is 18.0 Å². The smallest absolute Gasteiger partial charge is 0.304 e. The Morgan fingerprint density at radius 3 is 2.96 bits per heavy atom. The number of carboxylic acids is 1. The zero-order chi connectivity index (χ0) is 16.9. The molecule has 1 aromatic heterocycles. The van der Waals surface area contributed by atoms with Crippen LogP contribution >= 0.6 is 11.8 Å². The highest BCUT2D eigenvalue weighted by molar-refractivity contribution is 7.99.